The number of benzene rings is 1. The van der Waals surface area contributed by atoms with E-state index in [4.69, 9.17) is 4.42 Å². The number of carbonyl (C=O) groups excluding carboxylic acids is 2. The van der Waals surface area contributed by atoms with E-state index in [1.54, 1.807) is 0 Å². The van der Waals surface area contributed by atoms with E-state index in [0.29, 0.717) is 36.0 Å². The Balaban J connectivity index is 1.37. The van der Waals surface area contributed by atoms with Gasteiger partial charge in [-0.05, 0) is 63.3 Å². The number of likely N-dealkylation sites (tertiary alicyclic amines) is 2. The minimum absolute atomic E-state index is 0.0130. The second kappa shape index (κ2) is 9.12. The minimum atomic E-state index is -0.0130. The van der Waals surface area contributed by atoms with Crippen LogP contribution in [-0.2, 0) is 0 Å². The van der Waals surface area contributed by atoms with Crippen molar-refractivity contribution in [3.8, 4) is 0 Å². The van der Waals surface area contributed by atoms with Crippen LogP contribution in [0.5, 0.6) is 0 Å². The van der Waals surface area contributed by atoms with Gasteiger partial charge in [-0.3, -0.25) is 9.59 Å². The summed E-state index contributed by atoms with van der Waals surface area (Å²) in [5.74, 6) is 1.43. The lowest BCUT2D eigenvalue weighted by molar-refractivity contribution is 0.0704. The molecule has 0 aliphatic carbocycles. The number of hydrogen-bond donors (Lipinski definition) is 0. The Morgan fingerprint density at radius 1 is 0.935 bits per heavy atom. The molecular weight excluding hydrogens is 392 g/mol. The van der Waals surface area contributed by atoms with E-state index in [1.807, 2.05) is 60.0 Å². The molecular formula is C24H32N4O3. The number of piperidine rings is 2. The normalized spacial score (nSPS) is 17.6. The zero-order valence-electron chi connectivity index (χ0n) is 18.8. The number of oxazole rings is 1. The third-order valence-electron chi connectivity index (χ3n) is 6.42. The zero-order chi connectivity index (χ0) is 22.0. The van der Waals surface area contributed by atoms with E-state index < -0.39 is 0 Å². The third-order valence-corrected chi connectivity index (χ3v) is 6.42. The summed E-state index contributed by atoms with van der Waals surface area (Å²) >= 11 is 0. The van der Waals surface area contributed by atoms with Crippen LogP contribution in [0.3, 0.4) is 0 Å². The van der Waals surface area contributed by atoms with E-state index in [0.717, 1.165) is 44.5 Å². The van der Waals surface area contributed by atoms with Crippen molar-refractivity contribution < 1.29 is 14.0 Å². The lowest BCUT2D eigenvalue weighted by Crippen LogP contribution is -2.38. The average molecular weight is 425 g/mol. The van der Waals surface area contributed by atoms with Crippen LogP contribution in [-0.4, -0.2) is 66.9 Å². The summed E-state index contributed by atoms with van der Waals surface area (Å²) in [6, 6.07) is 7.71. The van der Waals surface area contributed by atoms with Crippen LogP contribution in [0.25, 0.3) is 0 Å². The fourth-order valence-corrected chi connectivity index (χ4v) is 4.45. The van der Waals surface area contributed by atoms with Crippen molar-refractivity contribution in [1.29, 1.82) is 0 Å². The Hall–Kier alpha value is -2.83. The Morgan fingerprint density at radius 3 is 2.16 bits per heavy atom. The van der Waals surface area contributed by atoms with Crippen LogP contribution in [0.4, 0.5) is 5.69 Å². The van der Waals surface area contributed by atoms with E-state index in [-0.39, 0.29) is 17.7 Å². The first-order valence-corrected chi connectivity index (χ1v) is 11.3. The molecule has 166 valence electrons. The smallest absolute Gasteiger partial charge is 0.276 e. The summed E-state index contributed by atoms with van der Waals surface area (Å²) < 4.78 is 5.92. The maximum Gasteiger partial charge on any atom is 0.276 e. The molecule has 0 atom stereocenters. The lowest BCUT2D eigenvalue weighted by atomic mass is 9.96. The number of amides is 2. The monoisotopic (exact) mass is 424 g/mol. The minimum Gasteiger partial charge on any atom is -0.445 e. The molecule has 1 aromatic heterocycles. The van der Waals surface area contributed by atoms with Crippen LogP contribution in [0.2, 0.25) is 0 Å². The van der Waals surface area contributed by atoms with Crippen LogP contribution in [0, 0.1) is 6.92 Å². The molecule has 0 N–H and O–H groups in total. The Kier molecular flexibility index (Phi) is 6.30. The van der Waals surface area contributed by atoms with Gasteiger partial charge in [-0.1, -0.05) is 0 Å². The predicted octanol–water partition coefficient (Wildman–Crippen LogP) is 3.69. The van der Waals surface area contributed by atoms with Crippen molar-refractivity contribution in [2.75, 3.05) is 45.2 Å². The number of aryl methyl sites for hydroxylation is 1. The van der Waals surface area contributed by atoms with Gasteiger partial charge in [-0.2, -0.15) is 0 Å². The highest BCUT2D eigenvalue weighted by Gasteiger charge is 2.30. The van der Waals surface area contributed by atoms with Crippen molar-refractivity contribution in [1.82, 2.24) is 14.8 Å². The standard InChI is InChI=1S/C24H32N4O3/c1-17-21(24(30)27-13-5-4-6-14-27)25-22(31-17)18-11-15-28(16-12-18)23(29)19-7-9-20(10-8-19)26(2)3/h7-10,18H,4-6,11-16H2,1-3H3. The molecule has 2 saturated heterocycles. The molecule has 2 aliphatic rings. The predicted molar refractivity (Wildman–Crippen MR) is 120 cm³/mol. The number of nitrogens with zero attached hydrogens (tertiary/aromatic N) is 4. The topological polar surface area (TPSA) is 69.9 Å². The van der Waals surface area contributed by atoms with Gasteiger partial charge in [0, 0.05) is 57.4 Å². The molecule has 7 nitrogen and oxygen atoms in total. The summed E-state index contributed by atoms with van der Waals surface area (Å²) in [6.07, 6.45) is 4.88. The fourth-order valence-electron chi connectivity index (χ4n) is 4.45. The maximum atomic E-state index is 12.9. The summed E-state index contributed by atoms with van der Waals surface area (Å²) in [7, 11) is 3.97. The van der Waals surface area contributed by atoms with Gasteiger partial charge in [0.05, 0.1) is 0 Å². The van der Waals surface area contributed by atoms with Gasteiger partial charge in [0.2, 0.25) is 0 Å². The van der Waals surface area contributed by atoms with Crippen molar-refractivity contribution in [3.63, 3.8) is 0 Å². The van der Waals surface area contributed by atoms with Gasteiger partial charge < -0.3 is 19.1 Å². The Morgan fingerprint density at radius 2 is 1.55 bits per heavy atom. The molecule has 0 unspecified atom stereocenters. The fraction of sp³-hybridized carbons (Fsp3) is 0.542. The first-order valence-electron chi connectivity index (χ1n) is 11.3. The average Bonchev–Trinajstić information content (AvgIpc) is 3.20. The van der Waals surface area contributed by atoms with E-state index in [9.17, 15) is 9.59 Å². The maximum absolute atomic E-state index is 12.9. The first-order chi connectivity index (χ1) is 14.9. The summed E-state index contributed by atoms with van der Waals surface area (Å²) in [5.41, 5.74) is 2.24. The zero-order valence-corrected chi connectivity index (χ0v) is 18.8. The first kappa shape index (κ1) is 21.4. The molecule has 2 aliphatic heterocycles. The van der Waals surface area contributed by atoms with Crippen LogP contribution < -0.4 is 4.90 Å². The van der Waals surface area contributed by atoms with Gasteiger partial charge in [0.25, 0.3) is 11.8 Å². The summed E-state index contributed by atoms with van der Waals surface area (Å²) in [4.78, 5) is 36.1. The van der Waals surface area contributed by atoms with Crippen molar-refractivity contribution in [3.05, 3.63) is 47.2 Å². The number of rotatable bonds is 4. The number of aromatic nitrogens is 1. The third kappa shape index (κ3) is 4.60. The van der Waals surface area contributed by atoms with Crippen molar-refractivity contribution in [2.45, 2.75) is 44.9 Å². The van der Waals surface area contributed by atoms with Crippen LogP contribution in [0.1, 0.15) is 70.5 Å². The van der Waals surface area contributed by atoms with Crippen molar-refractivity contribution >= 4 is 17.5 Å². The highest BCUT2D eigenvalue weighted by molar-refractivity contribution is 5.94. The van der Waals surface area contributed by atoms with Crippen molar-refractivity contribution in [2.24, 2.45) is 0 Å². The van der Waals surface area contributed by atoms with Gasteiger partial charge in [-0.15, -0.1) is 0 Å². The van der Waals surface area contributed by atoms with Crippen LogP contribution >= 0.6 is 0 Å². The lowest BCUT2D eigenvalue weighted by Gasteiger charge is -2.30. The van der Waals surface area contributed by atoms with E-state index in [2.05, 4.69) is 4.98 Å². The van der Waals surface area contributed by atoms with Gasteiger partial charge in [0.15, 0.2) is 11.6 Å². The summed E-state index contributed by atoms with van der Waals surface area (Å²) in [6.45, 7) is 4.75. The second-order valence-corrected chi connectivity index (χ2v) is 8.82. The molecule has 2 amide bonds. The number of hydrogen-bond acceptors (Lipinski definition) is 5. The van der Waals surface area contributed by atoms with Gasteiger partial charge >= 0.3 is 0 Å². The molecule has 4 rings (SSSR count). The van der Waals surface area contributed by atoms with E-state index >= 15 is 0 Å². The molecule has 0 radical (unpaired) electrons. The summed E-state index contributed by atoms with van der Waals surface area (Å²) in [5, 5.41) is 0. The molecule has 3 heterocycles. The molecule has 0 bridgehead atoms. The van der Waals surface area contributed by atoms with Crippen LogP contribution in [0.15, 0.2) is 28.7 Å². The second-order valence-electron chi connectivity index (χ2n) is 8.82. The highest BCUT2D eigenvalue weighted by Crippen LogP contribution is 2.30. The Bertz CT molecular complexity index is 921. The van der Waals surface area contributed by atoms with Gasteiger partial charge in [-0.25, -0.2) is 4.98 Å². The van der Waals surface area contributed by atoms with E-state index in [1.165, 1.54) is 6.42 Å². The molecule has 1 aromatic carbocycles. The molecule has 2 fully saturated rings. The molecule has 0 spiro atoms. The Labute approximate surface area is 184 Å². The number of anilines is 1. The molecule has 7 heteroatoms. The quantitative estimate of drug-likeness (QED) is 0.749. The molecule has 31 heavy (non-hydrogen) atoms. The molecule has 2 aromatic rings. The highest BCUT2D eigenvalue weighted by atomic mass is 16.4. The largest absolute Gasteiger partial charge is 0.445 e. The van der Waals surface area contributed by atoms with Gasteiger partial charge in [0.1, 0.15) is 5.76 Å². The SMILES string of the molecule is Cc1oc(C2CCN(C(=O)c3ccc(N(C)C)cc3)CC2)nc1C(=O)N1CCCCC1. The molecule has 0 saturated carbocycles. The number of carbonyl (C=O) groups is 2.